The second-order valence-electron chi connectivity index (χ2n) is 9.34. The van der Waals surface area contributed by atoms with Crippen molar-refractivity contribution in [2.45, 2.75) is 97.0 Å². The van der Waals surface area contributed by atoms with Gasteiger partial charge in [0.05, 0.1) is 12.1 Å². The van der Waals surface area contributed by atoms with E-state index >= 15 is 0 Å². The zero-order chi connectivity index (χ0) is 25.7. The Morgan fingerprint density at radius 1 is 0.788 bits per heavy atom. The molecule has 11 nitrogen and oxygen atoms in total. The molecule has 0 bridgehead atoms. The summed E-state index contributed by atoms with van der Waals surface area (Å²) in [7, 11) is 0. The van der Waals surface area contributed by atoms with Gasteiger partial charge in [0.25, 0.3) is 0 Å². The van der Waals surface area contributed by atoms with Gasteiger partial charge >= 0.3 is 5.97 Å². The molecule has 0 fully saturated rings. The highest BCUT2D eigenvalue weighted by molar-refractivity contribution is 5.94. The molecule has 0 spiro atoms. The molecule has 192 valence electrons. The molecule has 0 aromatic rings. The molecule has 5 atom stereocenters. The third kappa shape index (κ3) is 12.5. The second kappa shape index (κ2) is 15.6. The van der Waals surface area contributed by atoms with Gasteiger partial charge in [-0.25, -0.2) is 4.79 Å². The fraction of sp³-hybridized carbons (Fsp3) is 0.818. The van der Waals surface area contributed by atoms with Crippen molar-refractivity contribution >= 4 is 23.7 Å². The summed E-state index contributed by atoms with van der Waals surface area (Å²) >= 11 is 0. The fourth-order valence-corrected chi connectivity index (χ4v) is 3.24. The molecule has 0 aromatic carbocycles. The highest BCUT2D eigenvalue weighted by Crippen LogP contribution is 2.10. The Kier molecular flexibility index (Phi) is 14.5. The molecule has 0 heterocycles. The monoisotopic (exact) mass is 473 g/mol. The summed E-state index contributed by atoms with van der Waals surface area (Å²) < 4.78 is 0. The van der Waals surface area contributed by atoms with E-state index in [-0.39, 0.29) is 18.3 Å². The van der Waals surface area contributed by atoms with Crippen molar-refractivity contribution in [3.63, 3.8) is 0 Å². The first kappa shape index (κ1) is 30.8. The maximum atomic E-state index is 13.0. The quantitative estimate of drug-likeness (QED) is 0.145. The molecular formula is C22H43N5O6. The second-order valence-corrected chi connectivity index (χ2v) is 9.34. The molecule has 0 radical (unpaired) electrons. The first-order valence-corrected chi connectivity index (χ1v) is 11.6. The molecule has 0 aromatic heterocycles. The van der Waals surface area contributed by atoms with Crippen molar-refractivity contribution in [3.05, 3.63) is 0 Å². The standard InChI is InChI=1S/C22H43N5O6/c1-12(2)10-16(25-19(29)15(24)8-6-7-9-23)20(30)26-17(11-13(3)4)21(31)27-18(14(5)28)22(32)33/h12-18,28H,6-11,23-24H2,1-5H3,(H,25,29)(H,26,30)(H,27,31)(H,32,33). The van der Waals surface area contributed by atoms with Crippen LogP contribution in [0.25, 0.3) is 0 Å². The molecule has 5 unspecified atom stereocenters. The first-order valence-electron chi connectivity index (χ1n) is 11.6. The summed E-state index contributed by atoms with van der Waals surface area (Å²) in [5.74, 6) is -3.06. The van der Waals surface area contributed by atoms with Gasteiger partial charge in [0.1, 0.15) is 12.1 Å². The molecule has 0 saturated carbocycles. The van der Waals surface area contributed by atoms with Crippen molar-refractivity contribution in [1.29, 1.82) is 0 Å². The number of carboxylic acid groups (broad SMARTS) is 1. The third-order valence-corrected chi connectivity index (χ3v) is 5.03. The van der Waals surface area contributed by atoms with Crippen molar-refractivity contribution in [2.24, 2.45) is 23.3 Å². The zero-order valence-corrected chi connectivity index (χ0v) is 20.5. The van der Waals surface area contributed by atoms with Crippen LogP contribution in [-0.4, -0.2) is 70.7 Å². The molecule has 3 amide bonds. The van der Waals surface area contributed by atoms with Crippen LogP contribution in [-0.2, 0) is 19.2 Å². The molecule has 0 aliphatic carbocycles. The Labute approximate surface area is 196 Å². The van der Waals surface area contributed by atoms with Gasteiger partial charge in [-0.05, 0) is 51.0 Å². The van der Waals surface area contributed by atoms with Crippen LogP contribution in [0.5, 0.6) is 0 Å². The van der Waals surface area contributed by atoms with Gasteiger partial charge < -0.3 is 37.6 Å². The van der Waals surface area contributed by atoms with Gasteiger partial charge in [-0.3, -0.25) is 14.4 Å². The average Bonchev–Trinajstić information content (AvgIpc) is 2.69. The number of aliphatic hydroxyl groups is 1. The first-order chi connectivity index (χ1) is 15.3. The summed E-state index contributed by atoms with van der Waals surface area (Å²) in [5.41, 5.74) is 11.4. The van der Waals surface area contributed by atoms with Crippen molar-refractivity contribution in [1.82, 2.24) is 16.0 Å². The normalized spacial score (nSPS) is 15.9. The Morgan fingerprint density at radius 2 is 1.24 bits per heavy atom. The van der Waals surface area contributed by atoms with E-state index in [1.54, 1.807) is 0 Å². The van der Waals surface area contributed by atoms with Crippen LogP contribution in [0.4, 0.5) is 0 Å². The SMILES string of the molecule is CC(C)CC(NC(=O)C(N)CCCCN)C(=O)NC(CC(C)C)C(=O)NC(C(=O)O)C(C)O. The smallest absolute Gasteiger partial charge is 0.328 e. The van der Waals surface area contributed by atoms with Crippen LogP contribution in [0, 0.1) is 11.8 Å². The van der Waals surface area contributed by atoms with Gasteiger partial charge in [0, 0.05) is 0 Å². The molecule has 33 heavy (non-hydrogen) atoms. The minimum absolute atomic E-state index is 0.00462. The van der Waals surface area contributed by atoms with Gasteiger partial charge in [0.2, 0.25) is 17.7 Å². The predicted octanol–water partition coefficient (Wildman–Crippen LogP) is -0.545. The number of carboxylic acids is 1. The number of nitrogens with two attached hydrogens (primary N) is 2. The molecule has 11 heteroatoms. The lowest BCUT2D eigenvalue weighted by molar-refractivity contribution is -0.145. The lowest BCUT2D eigenvalue weighted by Crippen LogP contribution is -2.58. The predicted molar refractivity (Wildman–Crippen MR) is 125 cm³/mol. The van der Waals surface area contributed by atoms with E-state index in [2.05, 4.69) is 16.0 Å². The van der Waals surface area contributed by atoms with Crippen LogP contribution in [0.15, 0.2) is 0 Å². The Bertz CT molecular complexity index is 641. The molecule has 9 N–H and O–H groups in total. The largest absolute Gasteiger partial charge is 0.480 e. The average molecular weight is 474 g/mol. The summed E-state index contributed by atoms with van der Waals surface area (Å²) in [5, 5.41) is 26.5. The van der Waals surface area contributed by atoms with E-state index in [1.165, 1.54) is 6.92 Å². The van der Waals surface area contributed by atoms with Crippen LogP contribution in [0.1, 0.15) is 66.7 Å². The number of hydrogen-bond acceptors (Lipinski definition) is 7. The zero-order valence-electron chi connectivity index (χ0n) is 20.5. The summed E-state index contributed by atoms with van der Waals surface area (Å²) in [4.78, 5) is 49.6. The Balaban J connectivity index is 5.41. The number of rotatable bonds is 16. The molecular weight excluding hydrogens is 430 g/mol. The van der Waals surface area contributed by atoms with Crippen LogP contribution in [0.3, 0.4) is 0 Å². The summed E-state index contributed by atoms with van der Waals surface area (Å²) in [6, 6.07) is -4.24. The van der Waals surface area contributed by atoms with Crippen molar-refractivity contribution < 1.29 is 29.4 Å². The number of carbonyl (C=O) groups is 4. The van der Waals surface area contributed by atoms with Crippen molar-refractivity contribution in [2.75, 3.05) is 6.54 Å². The van der Waals surface area contributed by atoms with E-state index in [9.17, 15) is 29.4 Å². The summed E-state index contributed by atoms with van der Waals surface area (Å²) in [6.07, 6.45) is 1.12. The number of aliphatic carboxylic acids is 1. The molecule has 0 rings (SSSR count). The molecule has 0 saturated heterocycles. The minimum atomic E-state index is -1.51. The number of unbranched alkanes of at least 4 members (excludes halogenated alkanes) is 1. The highest BCUT2D eigenvalue weighted by atomic mass is 16.4. The molecule has 0 aliphatic heterocycles. The maximum absolute atomic E-state index is 13.0. The van der Waals surface area contributed by atoms with Crippen LogP contribution < -0.4 is 27.4 Å². The van der Waals surface area contributed by atoms with Gasteiger partial charge in [-0.2, -0.15) is 0 Å². The Morgan fingerprint density at radius 3 is 1.64 bits per heavy atom. The highest BCUT2D eigenvalue weighted by Gasteiger charge is 2.32. The van der Waals surface area contributed by atoms with E-state index in [0.717, 1.165) is 6.42 Å². The Hall–Kier alpha value is -2.24. The van der Waals surface area contributed by atoms with Gasteiger partial charge in [-0.1, -0.05) is 34.1 Å². The van der Waals surface area contributed by atoms with E-state index in [0.29, 0.717) is 25.8 Å². The van der Waals surface area contributed by atoms with Crippen LogP contribution >= 0.6 is 0 Å². The number of hydrogen-bond donors (Lipinski definition) is 7. The fourth-order valence-electron chi connectivity index (χ4n) is 3.24. The lowest BCUT2D eigenvalue weighted by Gasteiger charge is -2.27. The number of aliphatic hydroxyl groups excluding tert-OH is 1. The number of nitrogens with one attached hydrogen (secondary N) is 3. The third-order valence-electron chi connectivity index (χ3n) is 5.03. The van der Waals surface area contributed by atoms with Gasteiger partial charge in [0.15, 0.2) is 6.04 Å². The van der Waals surface area contributed by atoms with Gasteiger partial charge in [-0.15, -0.1) is 0 Å². The maximum Gasteiger partial charge on any atom is 0.328 e. The lowest BCUT2D eigenvalue weighted by atomic mass is 9.99. The van der Waals surface area contributed by atoms with E-state index in [1.807, 2.05) is 27.7 Å². The number of carbonyl (C=O) groups excluding carboxylic acids is 3. The summed E-state index contributed by atoms with van der Waals surface area (Å²) in [6.45, 7) is 9.24. The topological polar surface area (TPSA) is 197 Å². The number of amides is 3. The van der Waals surface area contributed by atoms with E-state index < -0.39 is 54.0 Å². The minimum Gasteiger partial charge on any atom is -0.480 e. The van der Waals surface area contributed by atoms with Crippen LogP contribution in [0.2, 0.25) is 0 Å². The van der Waals surface area contributed by atoms with Crippen molar-refractivity contribution in [3.8, 4) is 0 Å². The van der Waals surface area contributed by atoms with E-state index in [4.69, 9.17) is 11.5 Å². The molecule has 0 aliphatic rings.